The Kier molecular flexibility index (Phi) is 8.88. The maximum Gasteiger partial charge on any atom is 0.339 e. The molecular weight excluding hydrogens is 510 g/mol. The molecule has 3 heterocycles. The highest BCUT2D eigenvalue weighted by atomic mass is 32.2. The molecule has 2 unspecified atom stereocenters. The number of carbonyl (C=O) groups is 2. The van der Waals surface area contributed by atoms with Gasteiger partial charge in [0, 0.05) is 35.4 Å². The molecule has 1 aromatic carbocycles. The highest BCUT2D eigenvalue weighted by Crippen LogP contribution is 2.38. The number of aromatic nitrogens is 1. The molecule has 0 saturated carbocycles. The van der Waals surface area contributed by atoms with E-state index in [1.807, 2.05) is 6.07 Å². The molecule has 10 nitrogen and oxygen atoms in total. The first-order valence-electron chi connectivity index (χ1n) is 12.9. The van der Waals surface area contributed by atoms with Crippen molar-refractivity contribution < 1.29 is 31.7 Å². The van der Waals surface area contributed by atoms with Crippen molar-refractivity contribution in [1.29, 1.82) is 0 Å². The molecule has 2 fully saturated rings. The third-order valence-corrected chi connectivity index (χ3v) is 7.65. The molecule has 206 valence electrons. The summed E-state index contributed by atoms with van der Waals surface area (Å²) in [5.41, 5.74) is 1.69. The molecule has 2 saturated heterocycles. The molecule has 2 atom stereocenters. The summed E-state index contributed by atoms with van der Waals surface area (Å²) in [4.78, 5) is 32.2. The fraction of sp³-hybridized carbons (Fsp3) is 0.519. The number of piperidine rings is 1. The van der Waals surface area contributed by atoms with E-state index in [1.165, 1.54) is 0 Å². The standard InChI is InChI=1S/C27H35N3O7S/c1-4-36-27(32)18-10-13-25(28-17-18)30-20-11-12-21(30)16-19(15-20)29-26(31)23-7-5-9-24(35-2)22(23)8-6-14-37-38(3,33)34/h5,7,9-10,13,17,19-21H,4,6,8,11-12,14-16H2,1-3H3,(H,29,31). The average Bonchev–Trinajstić information content (AvgIpc) is 3.16. The maximum atomic E-state index is 13.4. The van der Waals surface area contributed by atoms with Crippen LogP contribution in [0.3, 0.4) is 0 Å². The average molecular weight is 546 g/mol. The summed E-state index contributed by atoms with van der Waals surface area (Å²) >= 11 is 0. The van der Waals surface area contributed by atoms with Crippen molar-refractivity contribution in [2.45, 2.75) is 63.6 Å². The fourth-order valence-corrected chi connectivity index (χ4v) is 5.91. The van der Waals surface area contributed by atoms with Gasteiger partial charge in [-0.3, -0.25) is 8.98 Å². The van der Waals surface area contributed by atoms with Gasteiger partial charge in [-0.25, -0.2) is 9.78 Å². The summed E-state index contributed by atoms with van der Waals surface area (Å²) in [6, 6.07) is 9.47. The van der Waals surface area contributed by atoms with Gasteiger partial charge in [0.2, 0.25) is 0 Å². The summed E-state index contributed by atoms with van der Waals surface area (Å²) in [6.07, 6.45) is 7.08. The Morgan fingerprint density at radius 2 is 1.87 bits per heavy atom. The first kappa shape index (κ1) is 27.8. The smallest absolute Gasteiger partial charge is 0.339 e. The van der Waals surface area contributed by atoms with Crippen molar-refractivity contribution in [3.05, 3.63) is 53.2 Å². The Bertz CT molecular complexity index is 1240. The number of nitrogens with zero attached hydrogens (tertiary/aromatic N) is 2. The van der Waals surface area contributed by atoms with Crippen LogP contribution in [0, 0.1) is 0 Å². The number of amides is 1. The van der Waals surface area contributed by atoms with Crippen LogP contribution in [0.15, 0.2) is 36.5 Å². The van der Waals surface area contributed by atoms with Crippen molar-refractivity contribution in [2.24, 2.45) is 0 Å². The Balaban J connectivity index is 1.41. The van der Waals surface area contributed by atoms with E-state index < -0.39 is 10.1 Å². The molecule has 0 spiro atoms. The van der Waals surface area contributed by atoms with E-state index in [0.29, 0.717) is 36.3 Å². The number of anilines is 1. The van der Waals surface area contributed by atoms with Crippen LogP contribution >= 0.6 is 0 Å². The molecule has 1 amide bonds. The number of hydrogen-bond donors (Lipinski definition) is 1. The molecule has 1 aromatic heterocycles. The molecule has 0 radical (unpaired) electrons. The molecule has 2 aliphatic heterocycles. The molecular formula is C27H35N3O7S. The van der Waals surface area contributed by atoms with E-state index in [-0.39, 0.29) is 36.6 Å². The molecule has 2 aromatic rings. The third kappa shape index (κ3) is 6.63. The van der Waals surface area contributed by atoms with Crippen LogP contribution in [-0.4, -0.2) is 70.0 Å². The highest BCUT2D eigenvalue weighted by molar-refractivity contribution is 7.85. The number of esters is 1. The second-order valence-electron chi connectivity index (χ2n) is 9.68. The second-order valence-corrected chi connectivity index (χ2v) is 11.3. The molecule has 11 heteroatoms. The topological polar surface area (TPSA) is 124 Å². The number of pyridine rings is 1. The minimum Gasteiger partial charge on any atom is -0.496 e. The van der Waals surface area contributed by atoms with Crippen molar-refractivity contribution in [3.63, 3.8) is 0 Å². The lowest BCUT2D eigenvalue weighted by atomic mass is 9.95. The number of rotatable bonds is 11. The summed E-state index contributed by atoms with van der Waals surface area (Å²) in [7, 11) is -1.97. The van der Waals surface area contributed by atoms with Crippen molar-refractivity contribution >= 4 is 27.8 Å². The quantitative estimate of drug-likeness (QED) is 0.258. The van der Waals surface area contributed by atoms with Crippen LogP contribution in [0.25, 0.3) is 0 Å². The monoisotopic (exact) mass is 545 g/mol. The Hall–Kier alpha value is -3.18. The lowest BCUT2D eigenvalue weighted by Gasteiger charge is -2.40. The number of nitrogens with one attached hydrogen (secondary N) is 1. The van der Waals surface area contributed by atoms with Gasteiger partial charge in [-0.1, -0.05) is 6.07 Å². The second kappa shape index (κ2) is 12.1. The van der Waals surface area contributed by atoms with Gasteiger partial charge in [0.25, 0.3) is 16.0 Å². The zero-order chi connectivity index (χ0) is 27.3. The third-order valence-electron chi connectivity index (χ3n) is 7.06. The van der Waals surface area contributed by atoms with Crippen LogP contribution in [0.2, 0.25) is 0 Å². The van der Waals surface area contributed by atoms with Crippen LogP contribution in [0.1, 0.15) is 65.3 Å². The Morgan fingerprint density at radius 1 is 1.13 bits per heavy atom. The van der Waals surface area contributed by atoms with Crippen LogP contribution < -0.4 is 15.0 Å². The minimum absolute atomic E-state index is 0.0164. The summed E-state index contributed by atoms with van der Waals surface area (Å²) in [6.45, 7) is 2.12. The van der Waals surface area contributed by atoms with Crippen LogP contribution in [0.4, 0.5) is 5.82 Å². The predicted molar refractivity (Wildman–Crippen MR) is 142 cm³/mol. The normalized spacial score (nSPS) is 20.7. The number of fused-ring (bicyclic) bond motifs is 2. The lowest BCUT2D eigenvalue weighted by molar-refractivity contribution is 0.0525. The van der Waals surface area contributed by atoms with Gasteiger partial charge in [-0.05, 0) is 69.7 Å². The number of carbonyl (C=O) groups excluding carboxylic acids is 2. The van der Waals surface area contributed by atoms with E-state index in [1.54, 1.807) is 44.5 Å². The van der Waals surface area contributed by atoms with Gasteiger partial charge >= 0.3 is 5.97 Å². The van der Waals surface area contributed by atoms with Gasteiger partial charge in [0.05, 0.1) is 32.1 Å². The largest absolute Gasteiger partial charge is 0.496 e. The summed E-state index contributed by atoms with van der Waals surface area (Å²) in [5, 5.41) is 3.22. The number of methoxy groups -OCH3 is 1. The molecule has 0 aliphatic carbocycles. The summed E-state index contributed by atoms with van der Waals surface area (Å²) in [5.74, 6) is 0.874. The van der Waals surface area contributed by atoms with Gasteiger partial charge in [0.1, 0.15) is 11.6 Å². The first-order chi connectivity index (χ1) is 18.2. The van der Waals surface area contributed by atoms with E-state index >= 15 is 0 Å². The number of ether oxygens (including phenoxy) is 2. The minimum atomic E-state index is -3.52. The molecule has 2 aliphatic rings. The predicted octanol–water partition coefficient (Wildman–Crippen LogP) is 3.11. The van der Waals surface area contributed by atoms with E-state index in [2.05, 4.69) is 15.2 Å². The maximum absolute atomic E-state index is 13.4. The van der Waals surface area contributed by atoms with Gasteiger partial charge < -0.3 is 19.7 Å². The fourth-order valence-electron chi connectivity index (χ4n) is 5.49. The summed E-state index contributed by atoms with van der Waals surface area (Å²) < 4.78 is 37.9. The number of benzene rings is 1. The number of hydrogen-bond acceptors (Lipinski definition) is 9. The SMILES string of the molecule is CCOC(=O)c1ccc(N2C3CCC2CC(NC(=O)c2cccc(OC)c2CCCOS(C)(=O)=O)C3)nc1. The molecule has 4 rings (SSSR count). The zero-order valence-electron chi connectivity index (χ0n) is 22.0. The highest BCUT2D eigenvalue weighted by Gasteiger charge is 2.42. The zero-order valence-corrected chi connectivity index (χ0v) is 22.8. The van der Waals surface area contributed by atoms with Crippen LogP contribution in [0.5, 0.6) is 5.75 Å². The molecule has 38 heavy (non-hydrogen) atoms. The Morgan fingerprint density at radius 3 is 2.47 bits per heavy atom. The van der Waals surface area contributed by atoms with Crippen molar-refractivity contribution in [2.75, 3.05) is 31.5 Å². The Labute approximate surface area is 223 Å². The van der Waals surface area contributed by atoms with Gasteiger partial charge in [0.15, 0.2) is 0 Å². The first-order valence-corrected chi connectivity index (χ1v) is 14.7. The van der Waals surface area contributed by atoms with E-state index in [0.717, 1.165) is 43.3 Å². The van der Waals surface area contributed by atoms with E-state index in [9.17, 15) is 18.0 Å². The van der Waals surface area contributed by atoms with E-state index in [4.69, 9.17) is 13.7 Å². The van der Waals surface area contributed by atoms with Crippen molar-refractivity contribution in [3.8, 4) is 5.75 Å². The van der Waals surface area contributed by atoms with Crippen LogP contribution in [-0.2, 0) is 25.5 Å². The lowest BCUT2D eigenvalue weighted by Crippen LogP contribution is -2.50. The molecule has 1 N–H and O–H groups in total. The van der Waals surface area contributed by atoms with Gasteiger partial charge in [-0.15, -0.1) is 0 Å². The molecule has 2 bridgehead atoms. The van der Waals surface area contributed by atoms with Crippen molar-refractivity contribution in [1.82, 2.24) is 10.3 Å². The van der Waals surface area contributed by atoms with Gasteiger partial charge in [-0.2, -0.15) is 8.42 Å².